The maximum Gasteiger partial charge on any atom is 0.177 e. The summed E-state index contributed by atoms with van der Waals surface area (Å²) in [4.78, 5) is 9.85. The molecule has 30 heavy (non-hydrogen) atoms. The summed E-state index contributed by atoms with van der Waals surface area (Å²) < 4.78 is 13.0. The van der Waals surface area contributed by atoms with Crippen LogP contribution >= 0.6 is 7.14 Å². The molecule has 148 valence electrons. The molecule has 0 saturated carbocycles. The van der Waals surface area contributed by atoms with Gasteiger partial charge in [-0.1, -0.05) is 30.3 Å². The number of hydrogen-bond donors (Lipinski definition) is 4. The molecule has 3 heterocycles. The Morgan fingerprint density at radius 3 is 2.17 bits per heavy atom. The predicted octanol–water partition coefficient (Wildman–Crippen LogP) is 2.75. The van der Waals surface area contributed by atoms with E-state index in [1.165, 1.54) is 0 Å². The number of phenols is 4. The molecule has 0 aromatic heterocycles. The lowest BCUT2D eigenvalue weighted by molar-refractivity contribution is -0.429. The molecule has 0 bridgehead atoms. The Labute approximate surface area is 168 Å². The van der Waals surface area contributed by atoms with Crippen molar-refractivity contribution in [3.05, 3.63) is 42.0 Å². The van der Waals surface area contributed by atoms with Crippen molar-refractivity contribution in [3.63, 3.8) is 0 Å². The highest BCUT2D eigenvalue weighted by Crippen LogP contribution is 2.68. The Hall–Kier alpha value is -3.25. The van der Waals surface area contributed by atoms with Crippen LogP contribution < -0.4 is 15.9 Å². The van der Waals surface area contributed by atoms with Crippen LogP contribution in [0.1, 0.15) is 11.7 Å². The second-order valence-corrected chi connectivity index (χ2v) is 10.4. The molecule has 0 radical (unpaired) electrons. The minimum atomic E-state index is -2.82. The summed E-state index contributed by atoms with van der Waals surface area (Å²) >= 11 is 0. The zero-order valence-corrected chi connectivity index (χ0v) is 16.1. The minimum absolute atomic E-state index is 0.188. The number of fused-ring (bicyclic) bond motifs is 3. The molecule has 4 N–H and O–H groups in total. The van der Waals surface area contributed by atoms with Gasteiger partial charge in [-0.15, -0.1) is 0 Å². The van der Waals surface area contributed by atoms with Crippen LogP contribution in [-0.4, -0.2) is 27.0 Å². The van der Waals surface area contributed by atoms with Crippen LogP contribution in [0.2, 0.25) is 0 Å². The maximum absolute atomic E-state index is 13.0. The van der Waals surface area contributed by atoms with Crippen molar-refractivity contribution in [1.29, 1.82) is 0 Å². The molecular weight excluding hydrogens is 407 g/mol. The maximum atomic E-state index is 13.0. The van der Waals surface area contributed by atoms with Gasteiger partial charge in [0, 0.05) is 32.7 Å². The smallest absolute Gasteiger partial charge is 0.177 e. The largest absolute Gasteiger partial charge is 0.504 e. The molecule has 0 aliphatic carbocycles. The van der Waals surface area contributed by atoms with Crippen molar-refractivity contribution >= 4 is 44.6 Å². The molecule has 7 rings (SSSR count). The lowest BCUT2D eigenvalue weighted by atomic mass is 9.88. The first-order chi connectivity index (χ1) is 14.5. The lowest BCUT2D eigenvalue weighted by Gasteiger charge is -2.28. The number of aromatic hydroxyl groups is 4. The van der Waals surface area contributed by atoms with Crippen LogP contribution in [0.25, 0.3) is 32.7 Å². The number of hydrogen-bond acceptors (Lipinski definition) is 7. The standard InChI is InChI=1S/C22H13O7P/c23-17-13(11-7-28-29-11)8-3-1-2-4-9(8)14(18(17)24)15-10-5-6-12-21-16(10)22(30(12,21)27)20(26)19(15)25/h1-6,11,23-26H,7H2. The van der Waals surface area contributed by atoms with Gasteiger partial charge in [0.05, 0.1) is 5.30 Å². The predicted molar refractivity (Wildman–Crippen MR) is 110 cm³/mol. The van der Waals surface area contributed by atoms with E-state index < -0.39 is 30.5 Å². The average Bonchev–Trinajstić information content (AvgIpc) is 3.26. The van der Waals surface area contributed by atoms with Crippen molar-refractivity contribution in [2.75, 3.05) is 6.61 Å². The van der Waals surface area contributed by atoms with Gasteiger partial charge < -0.3 is 25.0 Å². The van der Waals surface area contributed by atoms with Crippen LogP contribution in [-0.2, 0) is 14.3 Å². The van der Waals surface area contributed by atoms with Gasteiger partial charge in [0.1, 0.15) is 12.7 Å². The molecule has 3 aliphatic rings. The fourth-order valence-electron chi connectivity index (χ4n) is 5.04. The molecule has 4 aromatic carbocycles. The molecule has 2 unspecified atom stereocenters. The molecule has 1 fully saturated rings. The Bertz CT molecular complexity index is 1550. The Balaban J connectivity index is 1.65. The molecule has 0 amide bonds. The second kappa shape index (κ2) is 4.90. The van der Waals surface area contributed by atoms with E-state index in [0.29, 0.717) is 37.7 Å². The first kappa shape index (κ1) is 16.5. The normalized spacial score (nSPS) is 22.7. The third kappa shape index (κ3) is 1.56. The lowest BCUT2D eigenvalue weighted by Crippen LogP contribution is -2.22. The third-order valence-corrected chi connectivity index (χ3v) is 9.43. The highest BCUT2D eigenvalue weighted by atomic mass is 31.2. The Morgan fingerprint density at radius 2 is 1.47 bits per heavy atom. The van der Waals surface area contributed by atoms with E-state index in [9.17, 15) is 25.0 Å². The van der Waals surface area contributed by atoms with E-state index >= 15 is 0 Å². The summed E-state index contributed by atoms with van der Waals surface area (Å²) in [6.07, 6.45) is -0.531. The summed E-state index contributed by atoms with van der Waals surface area (Å²) in [5.41, 5.74) is 0.772. The van der Waals surface area contributed by atoms with Crippen LogP contribution in [0, 0.1) is 0 Å². The first-order valence-corrected chi connectivity index (χ1v) is 11.1. The highest BCUT2D eigenvalue weighted by Gasteiger charge is 2.60. The van der Waals surface area contributed by atoms with E-state index in [2.05, 4.69) is 0 Å². The highest BCUT2D eigenvalue weighted by molar-refractivity contribution is 7.99. The van der Waals surface area contributed by atoms with Gasteiger partial charge in [-0.3, -0.25) is 0 Å². The number of benzene rings is 4. The topological polar surface area (TPSA) is 116 Å². The summed E-state index contributed by atoms with van der Waals surface area (Å²) in [5.74, 6) is -1.71. The summed E-state index contributed by atoms with van der Waals surface area (Å²) in [6.45, 7) is 0.238. The zero-order valence-electron chi connectivity index (χ0n) is 15.2. The zero-order chi connectivity index (χ0) is 20.5. The first-order valence-electron chi connectivity index (χ1n) is 9.37. The van der Waals surface area contributed by atoms with Crippen LogP contribution in [0.4, 0.5) is 0 Å². The van der Waals surface area contributed by atoms with E-state index in [1.807, 2.05) is 0 Å². The molecule has 2 atom stereocenters. The van der Waals surface area contributed by atoms with Crippen molar-refractivity contribution in [3.8, 4) is 34.1 Å². The van der Waals surface area contributed by atoms with Crippen LogP contribution in [0.15, 0.2) is 36.4 Å². The van der Waals surface area contributed by atoms with Gasteiger partial charge in [-0.05, 0) is 22.2 Å². The SMILES string of the molecule is O=P12c3ccc4c(-c5c(O)c(O)c(C6COO6)c6ccccc56)c(O)c(O)c1c4c32. The molecule has 8 heteroatoms. The van der Waals surface area contributed by atoms with Crippen LogP contribution in [0.5, 0.6) is 23.0 Å². The van der Waals surface area contributed by atoms with Crippen molar-refractivity contribution < 1.29 is 34.8 Å². The van der Waals surface area contributed by atoms with Crippen molar-refractivity contribution in [2.24, 2.45) is 0 Å². The molecule has 0 spiro atoms. The minimum Gasteiger partial charge on any atom is -0.504 e. The second-order valence-electron chi connectivity index (χ2n) is 7.79. The molecule has 3 aliphatic heterocycles. The van der Waals surface area contributed by atoms with Gasteiger partial charge >= 0.3 is 0 Å². The molecule has 1 saturated heterocycles. The van der Waals surface area contributed by atoms with Gasteiger partial charge in [-0.25, -0.2) is 9.78 Å². The molecule has 4 aromatic rings. The van der Waals surface area contributed by atoms with Crippen LogP contribution in [0.3, 0.4) is 0 Å². The van der Waals surface area contributed by atoms with Gasteiger partial charge in [0.25, 0.3) is 0 Å². The number of rotatable bonds is 2. The Kier molecular flexibility index (Phi) is 2.70. The number of phenolic OH excluding ortho intramolecular Hbond substituents is 4. The van der Waals surface area contributed by atoms with E-state index in [1.54, 1.807) is 36.4 Å². The van der Waals surface area contributed by atoms with E-state index in [4.69, 9.17) is 9.78 Å². The summed E-state index contributed by atoms with van der Waals surface area (Å²) in [7, 11) is -2.82. The molecular formula is C22H13O7P. The summed E-state index contributed by atoms with van der Waals surface area (Å²) in [5, 5.41) is 47.6. The monoisotopic (exact) mass is 420 g/mol. The molecule has 7 nitrogen and oxygen atoms in total. The average molecular weight is 420 g/mol. The van der Waals surface area contributed by atoms with Gasteiger partial charge in [-0.2, -0.15) is 0 Å². The fourth-order valence-corrected chi connectivity index (χ4v) is 8.07. The quantitative estimate of drug-likeness (QED) is 0.193. The fraction of sp³-hybridized carbons (Fsp3) is 0.0909. The third-order valence-electron chi connectivity index (χ3n) is 6.45. The van der Waals surface area contributed by atoms with E-state index in [-0.39, 0.29) is 23.5 Å². The van der Waals surface area contributed by atoms with Crippen molar-refractivity contribution in [2.45, 2.75) is 6.10 Å². The summed E-state index contributed by atoms with van der Waals surface area (Å²) in [6, 6.07) is 10.6. The van der Waals surface area contributed by atoms with Gasteiger partial charge in [0.15, 0.2) is 30.1 Å². The van der Waals surface area contributed by atoms with Crippen molar-refractivity contribution in [1.82, 2.24) is 0 Å². The van der Waals surface area contributed by atoms with E-state index in [0.717, 1.165) is 5.30 Å². The Morgan fingerprint density at radius 1 is 0.800 bits per heavy atom. The van der Waals surface area contributed by atoms with Gasteiger partial charge in [0.2, 0.25) is 0 Å².